The fourth-order valence-corrected chi connectivity index (χ4v) is 2.84. The van der Waals surface area contributed by atoms with Gasteiger partial charge in [-0.3, -0.25) is 4.90 Å². The molecular formula is C16H29N5. The molecule has 5 nitrogen and oxygen atoms in total. The highest BCUT2D eigenvalue weighted by Gasteiger charge is 2.23. The average Bonchev–Trinajstić information content (AvgIpc) is 2.46. The van der Waals surface area contributed by atoms with Crippen molar-refractivity contribution in [1.82, 2.24) is 19.8 Å². The molecule has 1 unspecified atom stereocenters. The Morgan fingerprint density at radius 1 is 1.29 bits per heavy atom. The molecule has 0 bridgehead atoms. The van der Waals surface area contributed by atoms with Gasteiger partial charge in [0.2, 0.25) is 0 Å². The van der Waals surface area contributed by atoms with E-state index < -0.39 is 0 Å². The Kier molecular flexibility index (Phi) is 5.94. The van der Waals surface area contributed by atoms with E-state index in [4.69, 9.17) is 0 Å². The number of nitrogens with zero attached hydrogens (tertiary/aromatic N) is 4. The average molecular weight is 291 g/mol. The van der Waals surface area contributed by atoms with Gasteiger partial charge in [0.05, 0.1) is 6.54 Å². The van der Waals surface area contributed by atoms with E-state index >= 15 is 0 Å². The van der Waals surface area contributed by atoms with Crippen molar-refractivity contribution in [2.45, 2.75) is 46.2 Å². The minimum Gasteiger partial charge on any atom is -0.370 e. The smallest absolute Gasteiger partial charge is 0.144 e. The Morgan fingerprint density at radius 2 is 2.10 bits per heavy atom. The molecule has 0 saturated carbocycles. The molecule has 0 radical (unpaired) electrons. The number of hydrogen-bond donors (Lipinski definition) is 1. The molecule has 0 aliphatic carbocycles. The van der Waals surface area contributed by atoms with E-state index in [0.717, 1.165) is 56.5 Å². The second-order valence-corrected chi connectivity index (χ2v) is 6.02. The largest absolute Gasteiger partial charge is 0.370 e. The van der Waals surface area contributed by atoms with Gasteiger partial charge in [-0.2, -0.15) is 0 Å². The lowest BCUT2D eigenvalue weighted by Gasteiger charge is -2.38. The highest BCUT2D eigenvalue weighted by molar-refractivity contribution is 5.35. The van der Waals surface area contributed by atoms with Crippen molar-refractivity contribution in [2.75, 3.05) is 38.5 Å². The van der Waals surface area contributed by atoms with Gasteiger partial charge in [-0.25, -0.2) is 9.97 Å². The van der Waals surface area contributed by atoms with Crippen LogP contribution in [0, 0.1) is 6.92 Å². The minimum absolute atomic E-state index is 0.654. The molecule has 1 saturated heterocycles. The predicted molar refractivity (Wildman–Crippen MR) is 87.5 cm³/mol. The van der Waals surface area contributed by atoms with Gasteiger partial charge >= 0.3 is 0 Å². The van der Waals surface area contributed by atoms with Crippen molar-refractivity contribution < 1.29 is 0 Å². The molecule has 5 heteroatoms. The topological polar surface area (TPSA) is 44.3 Å². The Hall–Kier alpha value is -1.20. The van der Waals surface area contributed by atoms with E-state index in [-0.39, 0.29) is 0 Å². The Labute approximate surface area is 128 Å². The number of anilines is 1. The molecule has 1 atom stereocenters. The SMILES string of the molecule is CCCNc1cc(C)nc(CN2CCN(C)C(CC)C2)n1. The second-order valence-electron chi connectivity index (χ2n) is 6.02. The van der Waals surface area contributed by atoms with E-state index in [1.54, 1.807) is 0 Å². The number of aromatic nitrogens is 2. The summed E-state index contributed by atoms with van der Waals surface area (Å²) in [5.41, 5.74) is 1.04. The molecule has 1 aliphatic heterocycles. The van der Waals surface area contributed by atoms with Crippen molar-refractivity contribution in [3.05, 3.63) is 17.6 Å². The van der Waals surface area contributed by atoms with Crippen molar-refractivity contribution in [3.63, 3.8) is 0 Å². The van der Waals surface area contributed by atoms with E-state index in [0.29, 0.717) is 6.04 Å². The standard InChI is InChI=1S/C16H29N5/c1-5-7-17-15-10-13(3)18-16(19-15)12-21-9-8-20(4)14(6-2)11-21/h10,14H,5-9,11-12H2,1-4H3,(H,17,18,19). The molecular weight excluding hydrogens is 262 g/mol. The van der Waals surface area contributed by atoms with Crippen LogP contribution in [-0.2, 0) is 6.54 Å². The quantitative estimate of drug-likeness (QED) is 0.870. The van der Waals surface area contributed by atoms with Gasteiger partial charge in [-0.05, 0) is 26.8 Å². The fourth-order valence-electron chi connectivity index (χ4n) is 2.84. The number of hydrogen-bond acceptors (Lipinski definition) is 5. The lowest BCUT2D eigenvalue weighted by atomic mass is 10.1. The predicted octanol–water partition coefficient (Wildman–Crippen LogP) is 2.13. The van der Waals surface area contributed by atoms with Crippen molar-refractivity contribution in [1.29, 1.82) is 0 Å². The zero-order chi connectivity index (χ0) is 15.2. The van der Waals surface area contributed by atoms with Crippen LogP contribution in [0.5, 0.6) is 0 Å². The molecule has 21 heavy (non-hydrogen) atoms. The van der Waals surface area contributed by atoms with Crippen LogP contribution in [0.2, 0.25) is 0 Å². The van der Waals surface area contributed by atoms with Crippen LogP contribution in [-0.4, -0.2) is 59.0 Å². The molecule has 2 rings (SSSR count). The van der Waals surface area contributed by atoms with Gasteiger partial charge in [0, 0.05) is 44.0 Å². The maximum Gasteiger partial charge on any atom is 0.144 e. The summed E-state index contributed by atoms with van der Waals surface area (Å²) in [6, 6.07) is 2.68. The number of aryl methyl sites for hydroxylation is 1. The third kappa shape index (κ3) is 4.64. The molecule has 0 aromatic carbocycles. The van der Waals surface area contributed by atoms with Crippen LogP contribution < -0.4 is 5.32 Å². The summed E-state index contributed by atoms with van der Waals surface area (Å²) in [6.07, 6.45) is 2.31. The van der Waals surface area contributed by atoms with Crippen LogP contribution in [0.4, 0.5) is 5.82 Å². The highest BCUT2D eigenvalue weighted by Crippen LogP contribution is 2.14. The zero-order valence-electron chi connectivity index (χ0n) is 13.9. The van der Waals surface area contributed by atoms with E-state index in [1.165, 1.54) is 6.42 Å². The molecule has 0 amide bonds. The van der Waals surface area contributed by atoms with Crippen LogP contribution in [0.25, 0.3) is 0 Å². The summed E-state index contributed by atoms with van der Waals surface area (Å²) < 4.78 is 0. The van der Waals surface area contributed by atoms with Gasteiger partial charge in [0.1, 0.15) is 11.6 Å². The number of nitrogens with one attached hydrogen (secondary N) is 1. The molecule has 1 fully saturated rings. The van der Waals surface area contributed by atoms with E-state index in [9.17, 15) is 0 Å². The summed E-state index contributed by atoms with van der Waals surface area (Å²) in [6.45, 7) is 11.6. The summed E-state index contributed by atoms with van der Waals surface area (Å²) in [4.78, 5) is 14.2. The van der Waals surface area contributed by atoms with Crippen LogP contribution in [0.15, 0.2) is 6.07 Å². The minimum atomic E-state index is 0.654. The van der Waals surface area contributed by atoms with Gasteiger partial charge in [0.15, 0.2) is 0 Å². The number of rotatable bonds is 6. The van der Waals surface area contributed by atoms with Gasteiger partial charge in [-0.15, -0.1) is 0 Å². The van der Waals surface area contributed by atoms with Crippen LogP contribution in [0.3, 0.4) is 0 Å². The second kappa shape index (κ2) is 7.71. The summed E-state index contributed by atoms with van der Waals surface area (Å²) in [5.74, 6) is 1.90. The zero-order valence-corrected chi connectivity index (χ0v) is 13.9. The molecule has 118 valence electrons. The summed E-state index contributed by atoms with van der Waals surface area (Å²) >= 11 is 0. The first-order valence-electron chi connectivity index (χ1n) is 8.13. The third-order valence-electron chi connectivity index (χ3n) is 4.15. The van der Waals surface area contributed by atoms with Crippen molar-refractivity contribution in [3.8, 4) is 0 Å². The van der Waals surface area contributed by atoms with Crippen molar-refractivity contribution in [2.24, 2.45) is 0 Å². The number of likely N-dealkylation sites (N-methyl/N-ethyl adjacent to an activating group) is 1. The normalized spacial score (nSPS) is 20.7. The van der Waals surface area contributed by atoms with Gasteiger partial charge in [0.25, 0.3) is 0 Å². The maximum absolute atomic E-state index is 4.66. The third-order valence-corrected chi connectivity index (χ3v) is 4.15. The lowest BCUT2D eigenvalue weighted by Crippen LogP contribution is -2.50. The summed E-state index contributed by atoms with van der Waals surface area (Å²) in [7, 11) is 2.22. The van der Waals surface area contributed by atoms with Crippen LogP contribution >= 0.6 is 0 Å². The molecule has 1 aromatic rings. The van der Waals surface area contributed by atoms with E-state index in [2.05, 4.69) is 46.0 Å². The van der Waals surface area contributed by atoms with E-state index in [1.807, 2.05) is 13.0 Å². The monoisotopic (exact) mass is 291 g/mol. The first-order chi connectivity index (χ1) is 10.1. The first kappa shape index (κ1) is 16.2. The fraction of sp³-hybridized carbons (Fsp3) is 0.750. The van der Waals surface area contributed by atoms with Gasteiger partial charge in [-0.1, -0.05) is 13.8 Å². The Morgan fingerprint density at radius 3 is 2.81 bits per heavy atom. The lowest BCUT2D eigenvalue weighted by molar-refractivity contribution is 0.0866. The number of piperazine rings is 1. The van der Waals surface area contributed by atoms with Crippen molar-refractivity contribution >= 4 is 5.82 Å². The maximum atomic E-state index is 4.66. The molecule has 2 heterocycles. The molecule has 1 aromatic heterocycles. The summed E-state index contributed by atoms with van der Waals surface area (Å²) in [5, 5.41) is 3.36. The molecule has 1 aliphatic rings. The molecule has 0 spiro atoms. The molecule has 1 N–H and O–H groups in total. The Balaban J connectivity index is 2.00. The van der Waals surface area contributed by atoms with Gasteiger partial charge < -0.3 is 10.2 Å². The Bertz CT molecular complexity index is 448. The van der Waals surface area contributed by atoms with Crippen LogP contribution in [0.1, 0.15) is 38.2 Å². The first-order valence-corrected chi connectivity index (χ1v) is 8.13. The highest BCUT2D eigenvalue weighted by atomic mass is 15.3.